The van der Waals surface area contributed by atoms with Crippen LogP contribution in [0.3, 0.4) is 0 Å². The molecule has 0 aromatic carbocycles. The molecule has 0 aliphatic carbocycles. The van der Waals surface area contributed by atoms with E-state index in [9.17, 15) is 4.79 Å². The summed E-state index contributed by atoms with van der Waals surface area (Å²) in [6.07, 6.45) is 7.65. The standard InChI is InChI=1S/C16H24O2/c1-13-8-4-5-10-14(2)12-16(17)18-15(3)11-7-6-9-13/h12-13,15H,5-7,9-11H2,1-3H3/b14-12-. The average molecular weight is 248 g/mol. The van der Waals surface area contributed by atoms with Crippen molar-refractivity contribution < 1.29 is 9.53 Å². The predicted molar refractivity (Wildman–Crippen MR) is 74.0 cm³/mol. The normalized spacial score (nSPS) is 30.2. The quantitative estimate of drug-likeness (QED) is 0.480. The van der Waals surface area contributed by atoms with Crippen LogP contribution in [-0.4, -0.2) is 12.1 Å². The van der Waals surface area contributed by atoms with Gasteiger partial charge in [-0.3, -0.25) is 0 Å². The molecule has 2 nitrogen and oxygen atoms in total. The molecule has 0 fully saturated rings. The maximum absolute atomic E-state index is 11.6. The molecule has 0 aromatic heterocycles. The first-order valence-electron chi connectivity index (χ1n) is 6.94. The minimum absolute atomic E-state index is 0.0193. The number of carbonyl (C=O) groups is 1. The molecule has 100 valence electrons. The van der Waals surface area contributed by atoms with E-state index >= 15 is 0 Å². The summed E-state index contributed by atoms with van der Waals surface area (Å²) < 4.78 is 5.34. The van der Waals surface area contributed by atoms with Crippen molar-refractivity contribution in [2.24, 2.45) is 5.92 Å². The molecule has 1 rings (SSSR count). The highest BCUT2D eigenvalue weighted by Gasteiger charge is 2.08. The van der Waals surface area contributed by atoms with Crippen molar-refractivity contribution in [1.29, 1.82) is 0 Å². The Hall–Kier alpha value is -1.23. The second kappa shape index (κ2) is 7.97. The minimum Gasteiger partial charge on any atom is -0.460 e. The smallest absolute Gasteiger partial charge is 0.330 e. The molecule has 0 aromatic rings. The highest BCUT2D eigenvalue weighted by Crippen LogP contribution is 2.13. The van der Waals surface area contributed by atoms with Crippen LogP contribution in [0, 0.1) is 17.8 Å². The SMILES string of the molecule is C/C1=C/C(=O)OC(C)CCCCC(C)C#CCC1. The Labute approximate surface area is 111 Å². The lowest BCUT2D eigenvalue weighted by Crippen LogP contribution is -2.13. The van der Waals surface area contributed by atoms with Crippen LogP contribution in [0.1, 0.15) is 59.3 Å². The molecule has 2 unspecified atom stereocenters. The van der Waals surface area contributed by atoms with Crippen molar-refractivity contribution in [1.82, 2.24) is 0 Å². The van der Waals surface area contributed by atoms with E-state index in [1.54, 1.807) is 6.08 Å². The minimum atomic E-state index is -0.210. The fourth-order valence-electron chi connectivity index (χ4n) is 2.03. The van der Waals surface area contributed by atoms with Crippen LogP contribution >= 0.6 is 0 Å². The highest BCUT2D eigenvalue weighted by atomic mass is 16.5. The number of hydrogen-bond acceptors (Lipinski definition) is 2. The van der Waals surface area contributed by atoms with Crippen molar-refractivity contribution in [2.75, 3.05) is 0 Å². The molecule has 0 amide bonds. The highest BCUT2D eigenvalue weighted by molar-refractivity contribution is 5.82. The second-order valence-electron chi connectivity index (χ2n) is 5.24. The summed E-state index contributed by atoms with van der Waals surface area (Å²) in [4.78, 5) is 11.6. The first-order valence-corrected chi connectivity index (χ1v) is 6.94. The van der Waals surface area contributed by atoms with Crippen LogP contribution in [0.5, 0.6) is 0 Å². The van der Waals surface area contributed by atoms with Gasteiger partial charge in [0, 0.05) is 18.4 Å². The summed E-state index contributed by atoms with van der Waals surface area (Å²) in [5.74, 6) is 6.76. The summed E-state index contributed by atoms with van der Waals surface area (Å²) in [7, 11) is 0. The van der Waals surface area contributed by atoms with Crippen LogP contribution < -0.4 is 0 Å². The van der Waals surface area contributed by atoms with Crippen molar-refractivity contribution in [3.05, 3.63) is 11.6 Å². The van der Waals surface area contributed by atoms with Gasteiger partial charge < -0.3 is 4.74 Å². The van der Waals surface area contributed by atoms with E-state index in [2.05, 4.69) is 18.8 Å². The fraction of sp³-hybridized carbons (Fsp3) is 0.688. The van der Waals surface area contributed by atoms with E-state index in [1.165, 1.54) is 0 Å². The molecule has 2 heteroatoms. The van der Waals surface area contributed by atoms with E-state index in [-0.39, 0.29) is 12.1 Å². The molecular weight excluding hydrogens is 224 g/mol. The second-order valence-corrected chi connectivity index (χ2v) is 5.24. The number of ether oxygens (including phenoxy) is 1. The summed E-state index contributed by atoms with van der Waals surface area (Å²) in [6, 6.07) is 0. The van der Waals surface area contributed by atoms with Gasteiger partial charge in [-0.15, -0.1) is 11.8 Å². The Morgan fingerprint density at radius 1 is 1.28 bits per heavy atom. The first-order chi connectivity index (χ1) is 8.58. The molecular formula is C16H24O2. The number of carbonyl (C=O) groups excluding carboxylic acids is 1. The zero-order valence-corrected chi connectivity index (χ0v) is 11.8. The predicted octanol–water partition coefficient (Wildman–Crippen LogP) is 3.86. The fourth-order valence-corrected chi connectivity index (χ4v) is 2.03. The van der Waals surface area contributed by atoms with Gasteiger partial charge in [-0.2, -0.15) is 0 Å². The molecule has 0 radical (unpaired) electrons. The Bertz CT molecular complexity index is 357. The molecule has 18 heavy (non-hydrogen) atoms. The Morgan fingerprint density at radius 2 is 2.00 bits per heavy atom. The summed E-state index contributed by atoms with van der Waals surface area (Å²) in [5.41, 5.74) is 1.05. The molecule has 2 atom stereocenters. The topological polar surface area (TPSA) is 26.3 Å². The van der Waals surface area contributed by atoms with Crippen LogP contribution in [0.25, 0.3) is 0 Å². The third-order valence-electron chi connectivity index (χ3n) is 3.17. The zero-order valence-electron chi connectivity index (χ0n) is 11.8. The van der Waals surface area contributed by atoms with Crippen molar-refractivity contribution in [2.45, 2.75) is 65.4 Å². The van der Waals surface area contributed by atoms with Gasteiger partial charge in [0.1, 0.15) is 0 Å². The zero-order chi connectivity index (χ0) is 13.4. The monoisotopic (exact) mass is 248 g/mol. The summed E-state index contributed by atoms with van der Waals surface area (Å²) in [5, 5.41) is 0. The molecule has 1 heterocycles. The van der Waals surface area contributed by atoms with Crippen molar-refractivity contribution in [3.8, 4) is 11.8 Å². The maximum atomic E-state index is 11.6. The average Bonchev–Trinajstić information content (AvgIpc) is 2.29. The van der Waals surface area contributed by atoms with Crippen LogP contribution in [0.15, 0.2) is 11.6 Å². The molecule has 1 aliphatic rings. The van der Waals surface area contributed by atoms with Gasteiger partial charge >= 0.3 is 5.97 Å². The summed E-state index contributed by atoms with van der Waals surface area (Å²) >= 11 is 0. The summed E-state index contributed by atoms with van der Waals surface area (Å²) in [6.45, 7) is 6.12. The van der Waals surface area contributed by atoms with Crippen molar-refractivity contribution >= 4 is 5.97 Å². The number of hydrogen-bond donors (Lipinski definition) is 0. The molecule has 0 saturated heterocycles. The van der Waals surface area contributed by atoms with E-state index in [0.717, 1.165) is 44.1 Å². The van der Waals surface area contributed by atoms with Gasteiger partial charge in [0.2, 0.25) is 0 Å². The van der Waals surface area contributed by atoms with E-state index in [1.807, 2.05) is 13.8 Å². The lowest BCUT2D eigenvalue weighted by atomic mass is 10.0. The molecule has 0 N–H and O–H groups in total. The van der Waals surface area contributed by atoms with Gasteiger partial charge in [0.15, 0.2) is 0 Å². The van der Waals surface area contributed by atoms with E-state index in [4.69, 9.17) is 4.74 Å². The lowest BCUT2D eigenvalue weighted by Gasteiger charge is -2.13. The van der Waals surface area contributed by atoms with Gasteiger partial charge in [-0.05, 0) is 39.5 Å². The Balaban J connectivity index is 2.62. The maximum Gasteiger partial charge on any atom is 0.330 e. The van der Waals surface area contributed by atoms with Crippen molar-refractivity contribution in [3.63, 3.8) is 0 Å². The van der Waals surface area contributed by atoms with E-state index in [0.29, 0.717) is 5.92 Å². The third kappa shape index (κ3) is 6.49. The van der Waals surface area contributed by atoms with Gasteiger partial charge in [-0.1, -0.05) is 18.9 Å². The van der Waals surface area contributed by atoms with Gasteiger partial charge in [0.25, 0.3) is 0 Å². The number of esters is 1. The molecule has 0 spiro atoms. The largest absolute Gasteiger partial charge is 0.460 e. The Kier molecular flexibility index (Phi) is 6.57. The van der Waals surface area contributed by atoms with Crippen LogP contribution in [-0.2, 0) is 9.53 Å². The molecule has 0 bridgehead atoms. The van der Waals surface area contributed by atoms with E-state index < -0.39 is 0 Å². The Morgan fingerprint density at radius 3 is 2.78 bits per heavy atom. The van der Waals surface area contributed by atoms with Gasteiger partial charge in [-0.25, -0.2) is 4.79 Å². The third-order valence-corrected chi connectivity index (χ3v) is 3.17. The first kappa shape index (κ1) is 14.8. The number of allylic oxidation sites excluding steroid dienone is 1. The molecule has 1 aliphatic heterocycles. The van der Waals surface area contributed by atoms with Crippen LogP contribution in [0.2, 0.25) is 0 Å². The lowest BCUT2D eigenvalue weighted by molar-refractivity contribution is -0.142. The van der Waals surface area contributed by atoms with Crippen LogP contribution in [0.4, 0.5) is 0 Å². The number of rotatable bonds is 0. The number of cyclic esters (lactones) is 1. The van der Waals surface area contributed by atoms with Gasteiger partial charge in [0.05, 0.1) is 6.10 Å². The molecule has 0 saturated carbocycles.